The van der Waals surface area contributed by atoms with Gasteiger partial charge in [-0.15, -0.1) is 0 Å². The second-order valence-electron chi connectivity index (χ2n) is 5.89. The average Bonchev–Trinajstić information content (AvgIpc) is 3.13. The zero-order chi connectivity index (χ0) is 17.2. The van der Waals surface area contributed by atoms with Crippen molar-refractivity contribution in [2.24, 2.45) is 0 Å². The molecular formula is C20H16N4O. The second kappa shape index (κ2) is 6.28. The van der Waals surface area contributed by atoms with Gasteiger partial charge in [0.1, 0.15) is 24.0 Å². The first kappa shape index (κ1) is 15.2. The number of oxazole rings is 1. The second-order valence-corrected chi connectivity index (χ2v) is 5.89. The van der Waals surface area contributed by atoms with Crippen LogP contribution in [0.25, 0.3) is 34.1 Å². The van der Waals surface area contributed by atoms with Crippen LogP contribution in [0.1, 0.15) is 11.1 Å². The maximum Gasteiger partial charge on any atom is 0.245 e. The monoisotopic (exact) mass is 328 g/mol. The van der Waals surface area contributed by atoms with Crippen LogP contribution < -0.4 is 0 Å². The molecule has 0 saturated carbocycles. The Morgan fingerprint density at radius 2 is 1.52 bits per heavy atom. The Morgan fingerprint density at radius 1 is 0.760 bits per heavy atom. The highest BCUT2D eigenvalue weighted by Crippen LogP contribution is 2.27. The summed E-state index contributed by atoms with van der Waals surface area (Å²) in [5.74, 6) is 0.506. The molecule has 3 heterocycles. The Morgan fingerprint density at radius 3 is 2.28 bits per heavy atom. The zero-order valence-corrected chi connectivity index (χ0v) is 14.0. The van der Waals surface area contributed by atoms with Gasteiger partial charge in [0.05, 0.1) is 5.69 Å². The highest BCUT2D eigenvalue weighted by molar-refractivity contribution is 5.66. The number of benzene rings is 1. The van der Waals surface area contributed by atoms with Crippen LogP contribution in [0.5, 0.6) is 0 Å². The summed E-state index contributed by atoms with van der Waals surface area (Å²) in [6.07, 6.45) is 6.64. The van der Waals surface area contributed by atoms with Gasteiger partial charge in [0, 0.05) is 23.5 Å². The minimum atomic E-state index is 0.506. The Bertz CT molecular complexity index is 1010. The summed E-state index contributed by atoms with van der Waals surface area (Å²) in [4.78, 5) is 17.4. The van der Waals surface area contributed by atoms with Crippen molar-refractivity contribution in [2.75, 3.05) is 0 Å². The molecule has 0 saturated heterocycles. The van der Waals surface area contributed by atoms with Crippen molar-refractivity contribution in [3.63, 3.8) is 0 Å². The third-order valence-electron chi connectivity index (χ3n) is 4.01. The van der Waals surface area contributed by atoms with Gasteiger partial charge in [-0.3, -0.25) is 0 Å². The predicted molar refractivity (Wildman–Crippen MR) is 95.7 cm³/mol. The summed E-state index contributed by atoms with van der Waals surface area (Å²) in [6.45, 7) is 4.05. The quantitative estimate of drug-likeness (QED) is 0.555. The molecule has 0 amide bonds. The van der Waals surface area contributed by atoms with Crippen molar-refractivity contribution in [3.8, 4) is 34.1 Å². The lowest BCUT2D eigenvalue weighted by Crippen LogP contribution is -1.93. The molecule has 0 aliphatic carbocycles. The highest BCUT2D eigenvalue weighted by Gasteiger charge is 2.14. The highest BCUT2D eigenvalue weighted by atomic mass is 16.3. The van der Waals surface area contributed by atoms with Crippen LogP contribution in [-0.4, -0.2) is 19.9 Å². The van der Waals surface area contributed by atoms with E-state index in [1.54, 1.807) is 18.7 Å². The largest absolute Gasteiger partial charge is 0.443 e. The van der Waals surface area contributed by atoms with Gasteiger partial charge >= 0.3 is 0 Å². The van der Waals surface area contributed by atoms with E-state index in [1.165, 1.54) is 11.9 Å². The molecule has 4 rings (SSSR count). The van der Waals surface area contributed by atoms with Gasteiger partial charge in [0.25, 0.3) is 0 Å². The topological polar surface area (TPSA) is 64.7 Å². The molecule has 122 valence electrons. The fourth-order valence-corrected chi connectivity index (χ4v) is 2.58. The smallest absolute Gasteiger partial charge is 0.245 e. The van der Waals surface area contributed by atoms with Gasteiger partial charge in [0.15, 0.2) is 0 Å². The Labute approximate surface area is 145 Å². The molecule has 4 aromatic rings. The minimum Gasteiger partial charge on any atom is -0.443 e. The van der Waals surface area contributed by atoms with E-state index >= 15 is 0 Å². The molecular weight excluding hydrogens is 312 g/mol. The summed E-state index contributed by atoms with van der Waals surface area (Å²) in [5, 5.41) is 0. The maximum atomic E-state index is 5.70. The summed E-state index contributed by atoms with van der Waals surface area (Å²) < 4.78 is 5.70. The SMILES string of the molecule is Cc1ccc(-c2coc(-c3nc(-c4cncnc4)ccc3C)n2)cc1. The van der Waals surface area contributed by atoms with Gasteiger partial charge in [-0.25, -0.2) is 19.9 Å². The van der Waals surface area contributed by atoms with E-state index in [0.717, 1.165) is 33.8 Å². The van der Waals surface area contributed by atoms with Crippen molar-refractivity contribution >= 4 is 0 Å². The number of hydrogen-bond acceptors (Lipinski definition) is 5. The molecule has 0 fully saturated rings. The summed E-state index contributed by atoms with van der Waals surface area (Å²) in [6, 6.07) is 12.1. The molecule has 0 aliphatic heterocycles. The number of hydrogen-bond donors (Lipinski definition) is 0. The molecule has 0 aliphatic rings. The fourth-order valence-electron chi connectivity index (χ4n) is 2.58. The van der Waals surface area contributed by atoms with Crippen molar-refractivity contribution < 1.29 is 4.42 Å². The van der Waals surface area contributed by atoms with Crippen LogP contribution in [0.2, 0.25) is 0 Å². The van der Waals surface area contributed by atoms with E-state index in [1.807, 2.05) is 31.2 Å². The first-order chi connectivity index (χ1) is 12.2. The van der Waals surface area contributed by atoms with E-state index in [4.69, 9.17) is 9.40 Å². The normalized spacial score (nSPS) is 10.8. The van der Waals surface area contributed by atoms with E-state index < -0.39 is 0 Å². The fraction of sp³-hybridized carbons (Fsp3) is 0.100. The Kier molecular flexibility index (Phi) is 3.82. The van der Waals surface area contributed by atoms with E-state index in [9.17, 15) is 0 Å². The van der Waals surface area contributed by atoms with E-state index in [-0.39, 0.29) is 0 Å². The number of pyridine rings is 1. The van der Waals surface area contributed by atoms with E-state index in [0.29, 0.717) is 5.89 Å². The molecule has 0 N–H and O–H groups in total. The third-order valence-corrected chi connectivity index (χ3v) is 4.01. The van der Waals surface area contributed by atoms with Crippen molar-refractivity contribution in [1.82, 2.24) is 19.9 Å². The maximum absolute atomic E-state index is 5.70. The first-order valence-corrected chi connectivity index (χ1v) is 7.97. The van der Waals surface area contributed by atoms with Gasteiger partial charge < -0.3 is 4.42 Å². The number of aryl methyl sites for hydroxylation is 2. The van der Waals surface area contributed by atoms with Crippen LogP contribution in [0.4, 0.5) is 0 Å². The van der Waals surface area contributed by atoms with Crippen molar-refractivity contribution in [1.29, 1.82) is 0 Å². The molecule has 25 heavy (non-hydrogen) atoms. The number of nitrogens with zero attached hydrogens (tertiary/aromatic N) is 4. The summed E-state index contributed by atoms with van der Waals surface area (Å²) >= 11 is 0. The zero-order valence-electron chi connectivity index (χ0n) is 14.0. The van der Waals surface area contributed by atoms with E-state index in [2.05, 4.69) is 34.0 Å². The molecule has 3 aromatic heterocycles. The molecule has 0 spiro atoms. The molecule has 0 atom stereocenters. The molecule has 0 bridgehead atoms. The minimum absolute atomic E-state index is 0.506. The van der Waals surface area contributed by atoms with Gasteiger partial charge in [0.2, 0.25) is 5.89 Å². The van der Waals surface area contributed by atoms with Gasteiger partial charge in [-0.1, -0.05) is 35.9 Å². The van der Waals surface area contributed by atoms with Crippen LogP contribution in [0, 0.1) is 13.8 Å². The van der Waals surface area contributed by atoms with Crippen LogP contribution in [-0.2, 0) is 0 Å². The summed E-state index contributed by atoms with van der Waals surface area (Å²) in [5.41, 5.74) is 6.39. The first-order valence-electron chi connectivity index (χ1n) is 7.97. The predicted octanol–water partition coefficient (Wildman–Crippen LogP) is 4.48. The van der Waals surface area contributed by atoms with Crippen LogP contribution >= 0.6 is 0 Å². The third kappa shape index (κ3) is 3.04. The number of rotatable bonds is 3. The standard InChI is InChI=1S/C20H16N4O/c1-13-3-6-15(7-4-13)18-11-25-20(24-18)19-14(2)5-8-17(23-19)16-9-21-12-22-10-16/h3-12H,1-2H3. The van der Waals surface area contributed by atoms with Gasteiger partial charge in [-0.05, 0) is 25.5 Å². The van der Waals surface area contributed by atoms with Gasteiger partial charge in [-0.2, -0.15) is 0 Å². The van der Waals surface area contributed by atoms with Crippen molar-refractivity contribution in [2.45, 2.75) is 13.8 Å². The lowest BCUT2D eigenvalue weighted by molar-refractivity contribution is 0.572. The molecule has 5 nitrogen and oxygen atoms in total. The number of aromatic nitrogens is 4. The van der Waals surface area contributed by atoms with Crippen molar-refractivity contribution in [3.05, 3.63) is 72.5 Å². The lowest BCUT2D eigenvalue weighted by Gasteiger charge is -2.04. The molecule has 0 radical (unpaired) electrons. The molecule has 5 heteroatoms. The Hall–Kier alpha value is -3.34. The lowest BCUT2D eigenvalue weighted by atomic mass is 10.1. The van der Waals surface area contributed by atoms with Crippen LogP contribution in [0.15, 0.2) is 65.8 Å². The summed E-state index contributed by atoms with van der Waals surface area (Å²) in [7, 11) is 0. The molecule has 0 unspecified atom stereocenters. The molecule has 1 aromatic carbocycles. The average molecular weight is 328 g/mol. The Balaban J connectivity index is 1.74. The van der Waals surface area contributed by atoms with Crippen LogP contribution in [0.3, 0.4) is 0 Å².